The van der Waals surface area contributed by atoms with E-state index in [9.17, 15) is 9.59 Å². The van der Waals surface area contributed by atoms with Crippen molar-refractivity contribution < 1.29 is 9.59 Å². The molecule has 0 spiro atoms. The topological polar surface area (TPSA) is 62.3 Å². The number of thiazole rings is 1. The van der Waals surface area contributed by atoms with Crippen LogP contribution >= 0.6 is 11.3 Å². The third-order valence-electron chi connectivity index (χ3n) is 4.68. The Balaban J connectivity index is 1.49. The summed E-state index contributed by atoms with van der Waals surface area (Å²) < 4.78 is 0. The Hall–Kier alpha value is -1.43. The largest absolute Gasteiger partial charge is 0.354 e. The number of carbonyl (C=O) groups is 2. The summed E-state index contributed by atoms with van der Waals surface area (Å²) in [5.74, 6) is 0.375. The van der Waals surface area contributed by atoms with Gasteiger partial charge in [-0.25, -0.2) is 4.98 Å². The third kappa shape index (κ3) is 3.74. The van der Waals surface area contributed by atoms with Crippen LogP contribution in [-0.4, -0.2) is 40.8 Å². The van der Waals surface area contributed by atoms with Gasteiger partial charge < -0.3 is 10.2 Å². The lowest BCUT2D eigenvalue weighted by Crippen LogP contribution is -2.46. The number of aromatic nitrogens is 1. The number of carbonyl (C=O) groups excluding carboxylic acids is 2. The van der Waals surface area contributed by atoms with Crippen molar-refractivity contribution in [2.24, 2.45) is 5.92 Å². The molecule has 23 heavy (non-hydrogen) atoms. The zero-order valence-corrected chi connectivity index (χ0v) is 14.7. The Morgan fingerprint density at radius 3 is 2.78 bits per heavy atom. The number of nitrogens with one attached hydrogen (secondary N) is 1. The van der Waals surface area contributed by atoms with Gasteiger partial charge in [0.25, 0.3) is 0 Å². The van der Waals surface area contributed by atoms with E-state index >= 15 is 0 Å². The Morgan fingerprint density at radius 1 is 1.35 bits per heavy atom. The highest BCUT2D eigenvalue weighted by Gasteiger charge is 2.40. The lowest BCUT2D eigenvalue weighted by molar-refractivity contribution is -0.139. The van der Waals surface area contributed by atoms with Crippen LogP contribution in [0.15, 0.2) is 0 Å². The van der Waals surface area contributed by atoms with Gasteiger partial charge in [0.05, 0.1) is 10.7 Å². The molecule has 0 radical (unpaired) electrons. The molecule has 2 heterocycles. The van der Waals surface area contributed by atoms with Crippen LogP contribution in [0.3, 0.4) is 0 Å². The predicted octanol–water partition coefficient (Wildman–Crippen LogP) is 2.07. The molecule has 1 aliphatic carbocycles. The van der Waals surface area contributed by atoms with Crippen molar-refractivity contribution in [2.45, 2.75) is 58.4 Å². The molecule has 1 aromatic heterocycles. The number of aryl methyl sites for hydroxylation is 2. The minimum atomic E-state index is -0.257. The fourth-order valence-corrected chi connectivity index (χ4v) is 4.22. The number of rotatable bonds is 6. The number of nitrogens with zero attached hydrogens (tertiary/aromatic N) is 2. The van der Waals surface area contributed by atoms with Crippen molar-refractivity contribution >= 4 is 23.2 Å². The highest BCUT2D eigenvalue weighted by Crippen LogP contribution is 2.33. The van der Waals surface area contributed by atoms with Crippen LogP contribution in [0, 0.1) is 12.8 Å². The van der Waals surface area contributed by atoms with Gasteiger partial charge in [-0.1, -0.05) is 6.92 Å². The standard InChI is InChI=1S/C17H25N3O2S/c1-3-13-11(2)23-15(19-13)8-9-18-16(21)14-5-4-10-20(14)17(22)12-6-7-12/h12,14H,3-10H2,1-2H3,(H,18,21)/t14-/m0/s1. The fourth-order valence-electron chi connectivity index (χ4n) is 3.20. The highest BCUT2D eigenvalue weighted by molar-refractivity contribution is 7.11. The molecule has 6 heteroatoms. The van der Waals surface area contributed by atoms with E-state index in [0.717, 1.165) is 55.8 Å². The molecule has 1 N–H and O–H groups in total. The van der Waals surface area contributed by atoms with Gasteiger partial charge in [0.2, 0.25) is 11.8 Å². The molecule has 0 aromatic carbocycles. The zero-order valence-electron chi connectivity index (χ0n) is 13.9. The molecule has 1 saturated heterocycles. The molecule has 1 aliphatic heterocycles. The van der Waals surface area contributed by atoms with E-state index in [1.165, 1.54) is 4.88 Å². The van der Waals surface area contributed by atoms with Gasteiger partial charge in [-0.3, -0.25) is 9.59 Å². The molecule has 1 atom stereocenters. The fraction of sp³-hybridized carbons (Fsp3) is 0.706. The highest BCUT2D eigenvalue weighted by atomic mass is 32.1. The first-order valence-electron chi connectivity index (χ1n) is 8.63. The Kier molecular flexibility index (Phi) is 4.99. The third-order valence-corrected chi connectivity index (χ3v) is 5.75. The van der Waals surface area contributed by atoms with E-state index in [1.54, 1.807) is 16.2 Å². The SMILES string of the molecule is CCc1nc(CCNC(=O)[C@@H]2CCCN2C(=O)C2CC2)sc1C. The summed E-state index contributed by atoms with van der Waals surface area (Å²) in [6.45, 7) is 5.54. The Morgan fingerprint density at radius 2 is 2.13 bits per heavy atom. The van der Waals surface area contributed by atoms with Crippen LogP contribution in [0.25, 0.3) is 0 Å². The van der Waals surface area contributed by atoms with Crippen LogP contribution < -0.4 is 5.32 Å². The number of hydrogen-bond acceptors (Lipinski definition) is 4. The number of likely N-dealkylation sites (tertiary alicyclic amines) is 1. The van der Waals surface area contributed by atoms with Gasteiger partial charge in [0.1, 0.15) is 6.04 Å². The first-order chi connectivity index (χ1) is 11.1. The molecule has 5 nitrogen and oxygen atoms in total. The first kappa shape index (κ1) is 16.4. The van der Waals surface area contributed by atoms with Gasteiger partial charge in [-0.05, 0) is 39.0 Å². The van der Waals surface area contributed by atoms with Crippen LogP contribution in [0.2, 0.25) is 0 Å². The minimum absolute atomic E-state index is 0.000457. The molecule has 126 valence electrons. The van der Waals surface area contributed by atoms with E-state index in [0.29, 0.717) is 6.54 Å². The maximum Gasteiger partial charge on any atom is 0.242 e. The van der Waals surface area contributed by atoms with Crippen LogP contribution in [-0.2, 0) is 22.4 Å². The molecule has 0 bridgehead atoms. The molecule has 2 fully saturated rings. The molecular weight excluding hydrogens is 310 g/mol. The van der Waals surface area contributed by atoms with Gasteiger partial charge in [-0.2, -0.15) is 0 Å². The second-order valence-electron chi connectivity index (χ2n) is 6.47. The quantitative estimate of drug-likeness (QED) is 0.866. The van der Waals surface area contributed by atoms with E-state index in [1.807, 2.05) is 0 Å². The summed E-state index contributed by atoms with van der Waals surface area (Å²) in [6, 6.07) is -0.257. The van der Waals surface area contributed by atoms with E-state index in [-0.39, 0.29) is 23.8 Å². The lowest BCUT2D eigenvalue weighted by Gasteiger charge is -2.23. The Bertz CT molecular complexity index is 595. The second-order valence-corrected chi connectivity index (χ2v) is 7.76. The van der Waals surface area contributed by atoms with Crippen molar-refractivity contribution in [1.29, 1.82) is 0 Å². The number of hydrogen-bond donors (Lipinski definition) is 1. The zero-order chi connectivity index (χ0) is 16.4. The van der Waals surface area contributed by atoms with Crippen molar-refractivity contribution in [2.75, 3.05) is 13.1 Å². The first-order valence-corrected chi connectivity index (χ1v) is 9.45. The summed E-state index contributed by atoms with van der Waals surface area (Å²) in [5, 5.41) is 4.08. The van der Waals surface area contributed by atoms with Gasteiger partial charge >= 0.3 is 0 Å². The predicted molar refractivity (Wildman–Crippen MR) is 90.4 cm³/mol. The molecular formula is C17H25N3O2S. The summed E-state index contributed by atoms with van der Waals surface area (Å²) in [6.07, 6.45) is 5.43. The van der Waals surface area contributed by atoms with E-state index in [2.05, 4.69) is 24.1 Å². The molecule has 1 aromatic rings. The lowest BCUT2D eigenvalue weighted by atomic mass is 10.2. The summed E-state index contributed by atoms with van der Waals surface area (Å²) in [5.41, 5.74) is 1.16. The minimum Gasteiger partial charge on any atom is -0.354 e. The maximum atomic E-state index is 12.4. The van der Waals surface area contributed by atoms with E-state index < -0.39 is 0 Å². The normalized spacial score (nSPS) is 20.8. The van der Waals surface area contributed by atoms with Crippen molar-refractivity contribution in [1.82, 2.24) is 15.2 Å². The van der Waals surface area contributed by atoms with Crippen LogP contribution in [0.4, 0.5) is 0 Å². The molecule has 2 amide bonds. The van der Waals surface area contributed by atoms with Gasteiger partial charge in [-0.15, -0.1) is 11.3 Å². The van der Waals surface area contributed by atoms with Crippen molar-refractivity contribution in [3.8, 4) is 0 Å². The average molecular weight is 335 g/mol. The molecule has 1 saturated carbocycles. The molecule has 3 rings (SSSR count). The Labute approximate surface area is 141 Å². The maximum absolute atomic E-state index is 12.4. The van der Waals surface area contributed by atoms with Crippen LogP contribution in [0.1, 0.15) is 48.2 Å². The summed E-state index contributed by atoms with van der Waals surface area (Å²) in [4.78, 5) is 32.3. The summed E-state index contributed by atoms with van der Waals surface area (Å²) >= 11 is 1.71. The monoisotopic (exact) mass is 335 g/mol. The van der Waals surface area contributed by atoms with Crippen LogP contribution in [0.5, 0.6) is 0 Å². The van der Waals surface area contributed by atoms with Gasteiger partial charge in [0.15, 0.2) is 0 Å². The van der Waals surface area contributed by atoms with E-state index in [4.69, 9.17) is 0 Å². The summed E-state index contributed by atoms with van der Waals surface area (Å²) in [7, 11) is 0. The van der Waals surface area contributed by atoms with Gasteiger partial charge in [0, 0.05) is 30.3 Å². The number of amides is 2. The molecule has 2 aliphatic rings. The second kappa shape index (κ2) is 6.99. The van der Waals surface area contributed by atoms with Crippen molar-refractivity contribution in [3.63, 3.8) is 0 Å². The van der Waals surface area contributed by atoms with Crippen molar-refractivity contribution in [3.05, 3.63) is 15.6 Å². The smallest absolute Gasteiger partial charge is 0.242 e. The molecule has 0 unspecified atom stereocenters. The average Bonchev–Trinajstić information content (AvgIpc) is 3.15.